The number of para-hydroxylation sites is 1. The average Bonchev–Trinajstić information content (AvgIpc) is 3.73. The van der Waals surface area contributed by atoms with Gasteiger partial charge < -0.3 is 4.42 Å². The highest BCUT2D eigenvalue weighted by molar-refractivity contribution is 6.21. The van der Waals surface area contributed by atoms with Crippen molar-refractivity contribution in [2.75, 3.05) is 0 Å². The van der Waals surface area contributed by atoms with Crippen LogP contribution in [0, 0.1) is 0 Å². The number of rotatable bonds is 4. The monoisotopic (exact) mass is 595 g/mol. The first-order valence-corrected chi connectivity index (χ1v) is 13.6. The summed E-state index contributed by atoms with van der Waals surface area (Å²) in [5.74, 6) is 0. The SMILES string of the molecule is [2H]c1cc(-c2cccc(-c3c4c([2H])c([2H])c([2H])c([2H])c4c(-c4c([2H])c([2H])c([2H])c([2H])c4[2H])c4c([2H])c([2H])c([2H])c([2H])c34)c2)c2oc3c([2H])c(-c4c([2H])c([2H])c([2H])c([2H])c4[2H])c([2H])c([2H])c3c2c1[2H]. The molecule has 1 nitrogen and oxygen atoms in total. The molecule has 0 saturated heterocycles. The van der Waals surface area contributed by atoms with Gasteiger partial charge in [0.2, 0.25) is 0 Å². The maximum Gasteiger partial charge on any atom is 0.143 e. The van der Waals surface area contributed by atoms with Gasteiger partial charge in [0.25, 0.3) is 0 Å². The third kappa shape index (κ3) is 4.17. The van der Waals surface area contributed by atoms with E-state index in [1.165, 1.54) is 30.3 Å². The van der Waals surface area contributed by atoms with E-state index in [-0.39, 0.29) is 49.4 Å². The lowest BCUT2D eigenvalue weighted by atomic mass is 9.85. The van der Waals surface area contributed by atoms with Crippen LogP contribution in [0.15, 0.2) is 174 Å². The molecular formula is C44H28O. The maximum atomic E-state index is 9.29. The molecule has 1 heterocycles. The summed E-state index contributed by atoms with van der Waals surface area (Å²) in [6.45, 7) is 0. The Morgan fingerprint density at radius 2 is 0.956 bits per heavy atom. The quantitative estimate of drug-likeness (QED) is 0.184. The van der Waals surface area contributed by atoms with Crippen molar-refractivity contribution in [1.29, 1.82) is 0 Å². The van der Waals surface area contributed by atoms with E-state index in [0.717, 1.165) is 0 Å². The molecule has 0 aliphatic heterocycles. The van der Waals surface area contributed by atoms with Gasteiger partial charge in [-0.25, -0.2) is 0 Å². The lowest BCUT2D eigenvalue weighted by Gasteiger charge is -2.18. The summed E-state index contributed by atoms with van der Waals surface area (Å²) in [7, 11) is 0. The second kappa shape index (κ2) is 10.4. The highest BCUT2D eigenvalue weighted by Gasteiger charge is 2.18. The third-order valence-corrected chi connectivity index (χ3v) is 7.45. The van der Waals surface area contributed by atoms with Gasteiger partial charge in [0.1, 0.15) is 11.2 Å². The molecule has 1 heteroatoms. The van der Waals surface area contributed by atoms with E-state index in [0.29, 0.717) is 0 Å². The molecule has 1 aromatic heterocycles. The van der Waals surface area contributed by atoms with Crippen LogP contribution in [-0.4, -0.2) is 0 Å². The van der Waals surface area contributed by atoms with Gasteiger partial charge in [0.05, 0.1) is 31.5 Å². The Balaban J connectivity index is 1.43. The van der Waals surface area contributed by atoms with E-state index in [9.17, 15) is 6.85 Å². The first kappa shape index (κ1) is 11.5. The number of fused-ring (bicyclic) bond motifs is 5. The third-order valence-electron chi connectivity index (χ3n) is 7.45. The first-order valence-electron chi connectivity index (χ1n) is 25.1. The molecule has 0 unspecified atom stereocenters. The van der Waals surface area contributed by atoms with Gasteiger partial charge in [0.15, 0.2) is 0 Å². The number of benzene rings is 8. The van der Waals surface area contributed by atoms with Crippen molar-refractivity contribution in [3.05, 3.63) is 169 Å². The normalized spacial score (nSPS) is 18.7. The number of hydrogen-bond acceptors (Lipinski definition) is 1. The molecule has 0 saturated carbocycles. The molecule has 0 N–H and O–H groups in total. The zero-order valence-electron chi connectivity index (χ0n) is 45.8. The molecule has 45 heavy (non-hydrogen) atoms. The van der Waals surface area contributed by atoms with E-state index >= 15 is 0 Å². The van der Waals surface area contributed by atoms with Crippen LogP contribution in [0.4, 0.5) is 0 Å². The molecule has 9 aromatic rings. The molecule has 0 bridgehead atoms. The highest BCUT2D eigenvalue weighted by Crippen LogP contribution is 2.45. The molecule has 0 amide bonds. The van der Waals surface area contributed by atoms with Crippen LogP contribution in [0.1, 0.15) is 31.5 Å². The zero-order chi connectivity index (χ0) is 49.8. The topological polar surface area (TPSA) is 13.1 Å². The Hall–Kier alpha value is -5.92. The molecule has 0 aliphatic rings. The van der Waals surface area contributed by atoms with Crippen molar-refractivity contribution in [2.45, 2.75) is 0 Å². The van der Waals surface area contributed by atoms with Gasteiger partial charge in [-0.2, -0.15) is 0 Å². The fourth-order valence-electron chi connectivity index (χ4n) is 5.56. The Bertz CT molecular complexity index is 3700. The largest absolute Gasteiger partial charge is 0.455 e. The van der Waals surface area contributed by atoms with Crippen molar-refractivity contribution in [1.82, 2.24) is 0 Å². The van der Waals surface area contributed by atoms with Gasteiger partial charge in [-0.3, -0.25) is 0 Å². The minimum absolute atomic E-state index is 0.0434. The smallest absolute Gasteiger partial charge is 0.143 e. The molecule has 0 fully saturated rings. The summed E-state index contributed by atoms with van der Waals surface area (Å²) in [6, 6.07) is -9.58. The summed E-state index contributed by atoms with van der Waals surface area (Å²) < 4.78 is 208. The molecule has 0 aliphatic carbocycles. The molecular weight excluding hydrogens is 544 g/mol. The fourth-order valence-corrected chi connectivity index (χ4v) is 5.56. The number of hydrogen-bond donors (Lipinski definition) is 0. The minimum Gasteiger partial charge on any atom is -0.455 e. The summed E-state index contributed by atoms with van der Waals surface area (Å²) in [6.07, 6.45) is 0. The summed E-state index contributed by atoms with van der Waals surface area (Å²) >= 11 is 0. The lowest BCUT2D eigenvalue weighted by molar-refractivity contribution is 0.670. The van der Waals surface area contributed by atoms with Crippen LogP contribution in [0.2, 0.25) is 0 Å². The van der Waals surface area contributed by atoms with Crippen LogP contribution < -0.4 is 0 Å². The van der Waals surface area contributed by atoms with E-state index in [4.69, 9.17) is 29.1 Å². The van der Waals surface area contributed by atoms with Gasteiger partial charge in [-0.05, 0) is 78.6 Å². The van der Waals surface area contributed by atoms with Crippen LogP contribution in [-0.2, 0) is 0 Å². The predicted octanol–water partition coefficient (Wildman–Crippen LogP) is 12.6. The van der Waals surface area contributed by atoms with Gasteiger partial charge in [0, 0.05) is 16.3 Å². The molecule has 9 rings (SSSR count). The second-order valence-corrected chi connectivity index (χ2v) is 9.92. The molecule has 8 aromatic carbocycles. The first-order chi connectivity index (χ1) is 31.9. The summed E-state index contributed by atoms with van der Waals surface area (Å²) in [4.78, 5) is 0. The fraction of sp³-hybridized carbons (Fsp3) is 0. The van der Waals surface area contributed by atoms with Gasteiger partial charge >= 0.3 is 0 Å². The Kier molecular flexibility index (Phi) is 2.66. The van der Waals surface area contributed by atoms with E-state index in [2.05, 4.69) is 0 Å². The molecule has 0 radical (unpaired) electrons. The molecule has 0 atom stereocenters. The van der Waals surface area contributed by atoms with Crippen LogP contribution in [0.3, 0.4) is 0 Å². The van der Waals surface area contributed by atoms with Crippen LogP contribution in [0.25, 0.3) is 88.0 Å². The van der Waals surface area contributed by atoms with Crippen LogP contribution in [0.5, 0.6) is 0 Å². The summed E-state index contributed by atoms with van der Waals surface area (Å²) in [5.41, 5.74) is -2.62. The average molecular weight is 596 g/mol. The Morgan fingerprint density at radius 1 is 0.400 bits per heavy atom. The van der Waals surface area contributed by atoms with E-state index in [1.807, 2.05) is 0 Å². The van der Waals surface area contributed by atoms with Crippen molar-refractivity contribution in [3.8, 4) is 44.5 Å². The molecule has 210 valence electrons. The van der Waals surface area contributed by atoms with Crippen molar-refractivity contribution in [3.63, 3.8) is 0 Å². The second-order valence-electron chi connectivity index (χ2n) is 9.92. The highest BCUT2D eigenvalue weighted by atomic mass is 16.3. The minimum atomic E-state index is -0.815. The van der Waals surface area contributed by atoms with Crippen molar-refractivity contribution >= 4 is 43.5 Å². The Labute approximate surface area is 293 Å². The zero-order valence-corrected chi connectivity index (χ0v) is 22.8. The van der Waals surface area contributed by atoms with Crippen molar-refractivity contribution in [2.24, 2.45) is 0 Å². The number of furan rings is 1. The predicted molar refractivity (Wildman–Crippen MR) is 190 cm³/mol. The van der Waals surface area contributed by atoms with Crippen molar-refractivity contribution < 1.29 is 35.9 Å². The standard InChI is InChI=1S/C44H28O/c1-3-13-29(14-4-1)31-25-26-35-40-24-12-23-34(44(40)45-41(35)28-31)32-17-11-18-33(27-32)43-38-21-9-7-19-36(38)42(30-15-5-2-6-16-30)37-20-8-10-22-39(37)43/h1-28H/i1D,2D,3D,4D,5D,6D,7D,8D,9D,10D,12D,13D,14D,15D,16D,19D,20D,21D,22D,24D,25D,26D,28D. The van der Waals surface area contributed by atoms with E-state index < -0.39 is 178 Å². The summed E-state index contributed by atoms with van der Waals surface area (Å²) in [5, 5.41) is -1.98. The van der Waals surface area contributed by atoms with Gasteiger partial charge in [-0.1, -0.05) is 151 Å². The van der Waals surface area contributed by atoms with Gasteiger partial charge in [-0.15, -0.1) is 0 Å². The molecule has 0 spiro atoms. The lowest BCUT2D eigenvalue weighted by Crippen LogP contribution is -1.91. The maximum absolute atomic E-state index is 9.29. The van der Waals surface area contributed by atoms with E-state index in [1.54, 1.807) is 0 Å². The Morgan fingerprint density at radius 3 is 1.62 bits per heavy atom. The van der Waals surface area contributed by atoms with Crippen LogP contribution >= 0.6 is 0 Å².